The van der Waals surface area contributed by atoms with Crippen LogP contribution >= 0.6 is 11.3 Å². The molecule has 1 aliphatic carbocycles. The standard InChI is InChI=1S/C19H21N3OS/c23-19(21-9-7-14-4-3-8-20-11-14)17-10-15-12-22(13-18(15)24-17)16-5-1-2-6-16/h3-4,8,10-13,16H,1-2,5-7,9H2,(H,21,23). The predicted molar refractivity (Wildman–Crippen MR) is 97.6 cm³/mol. The number of hydrogen-bond donors (Lipinski definition) is 1. The number of nitrogens with one attached hydrogen (secondary N) is 1. The van der Waals surface area contributed by atoms with E-state index in [2.05, 4.69) is 27.3 Å². The van der Waals surface area contributed by atoms with Crippen molar-refractivity contribution in [2.45, 2.75) is 38.1 Å². The van der Waals surface area contributed by atoms with Crippen molar-refractivity contribution >= 4 is 27.3 Å². The fraction of sp³-hybridized carbons (Fsp3) is 0.368. The van der Waals surface area contributed by atoms with Crippen LogP contribution < -0.4 is 5.32 Å². The van der Waals surface area contributed by atoms with E-state index in [1.165, 1.54) is 35.8 Å². The normalized spacial score (nSPS) is 15.2. The second kappa shape index (κ2) is 6.77. The summed E-state index contributed by atoms with van der Waals surface area (Å²) in [5.74, 6) is 0.0208. The van der Waals surface area contributed by atoms with E-state index in [9.17, 15) is 4.79 Å². The Labute approximate surface area is 145 Å². The summed E-state index contributed by atoms with van der Waals surface area (Å²) >= 11 is 1.59. The fourth-order valence-corrected chi connectivity index (χ4v) is 4.42. The van der Waals surface area contributed by atoms with Crippen molar-refractivity contribution in [1.29, 1.82) is 0 Å². The van der Waals surface area contributed by atoms with Crippen LogP contribution in [-0.4, -0.2) is 22.0 Å². The van der Waals surface area contributed by atoms with Crippen LogP contribution in [0.4, 0.5) is 0 Å². The van der Waals surface area contributed by atoms with Crippen LogP contribution in [-0.2, 0) is 6.42 Å². The molecule has 0 atom stereocenters. The van der Waals surface area contributed by atoms with Gasteiger partial charge in [0.15, 0.2) is 0 Å². The van der Waals surface area contributed by atoms with Gasteiger partial charge in [0.25, 0.3) is 5.91 Å². The van der Waals surface area contributed by atoms with Crippen molar-refractivity contribution in [3.05, 3.63) is 53.4 Å². The van der Waals surface area contributed by atoms with Gasteiger partial charge in [0.1, 0.15) is 0 Å². The Morgan fingerprint density at radius 1 is 1.33 bits per heavy atom. The topological polar surface area (TPSA) is 46.9 Å². The van der Waals surface area contributed by atoms with E-state index in [1.54, 1.807) is 17.5 Å². The third kappa shape index (κ3) is 3.22. The average molecular weight is 339 g/mol. The SMILES string of the molecule is O=C(NCCc1cccnc1)c1cc2cn(C3CCCC3)cc2s1. The highest BCUT2D eigenvalue weighted by molar-refractivity contribution is 7.20. The third-order valence-corrected chi connectivity index (χ3v) is 5.82. The molecule has 1 fully saturated rings. The van der Waals surface area contributed by atoms with Crippen LogP contribution in [0.15, 0.2) is 43.0 Å². The molecule has 0 aliphatic heterocycles. The summed E-state index contributed by atoms with van der Waals surface area (Å²) in [5, 5.41) is 4.19. The highest BCUT2D eigenvalue weighted by Gasteiger charge is 2.18. The Hall–Kier alpha value is -2.14. The number of aromatic nitrogens is 2. The summed E-state index contributed by atoms with van der Waals surface area (Å²) in [6, 6.07) is 6.62. The second-order valence-electron chi connectivity index (χ2n) is 6.44. The second-order valence-corrected chi connectivity index (χ2v) is 7.52. The summed E-state index contributed by atoms with van der Waals surface area (Å²) in [6.07, 6.45) is 14.1. The number of rotatable bonds is 5. The molecule has 24 heavy (non-hydrogen) atoms. The summed E-state index contributed by atoms with van der Waals surface area (Å²) in [6.45, 7) is 0.634. The molecule has 124 valence electrons. The van der Waals surface area contributed by atoms with Gasteiger partial charge in [-0.3, -0.25) is 9.78 Å². The Bertz CT molecular complexity index is 799. The zero-order valence-corrected chi connectivity index (χ0v) is 14.4. The van der Waals surface area contributed by atoms with Gasteiger partial charge in [0, 0.05) is 42.8 Å². The van der Waals surface area contributed by atoms with Crippen LogP contribution in [0.25, 0.3) is 10.1 Å². The average Bonchev–Trinajstić information content (AvgIpc) is 3.31. The minimum atomic E-state index is 0.0208. The maximum absolute atomic E-state index is 12.3. The maximum Gasteiger partial charge on any atom is 0.261 e. The quantitative estimate of drug-likeness (QED) is 0.758. The third-order valence-electron chi connectivity index (χ3n) is 4.74. The van der Waals surface area contributed by atoms with Gasteiger partial charge in [0.2, 0.25) is 0 Å². The van der Waals surface area contributed by atoms with E-state index in [0.717, 1.165) is 16.9 Å². The molecule has 4 nitrogen and oxygen atoms in total. The molecule has 1 aliphatic rings. The molecule has 0 unspecified atom stereocenters. The zero-order valence-electron chi connectivity index (χ0n) is 13.6. The van der Waals surface area contributed by atoms with E-state index >= 15 is 0 Å². The first-order valence-electron chi connectivity index (χ1n) is 8.58. The number of fused-ring (bicyclic) bond motifs is 1. The van der Waals surface area contributed by atoms with Crippen LogP contribution in [0.2, 0.25) is 0 Å². The molecule has 5 heteroatoms. The predicted octanol–water partition coefficient (Wildman–Crippen LogP) is 4.19. The van der Waals surface area contributed by atoms with Gasteiger partial charge < -0.3 is 9.88 Å². The molecule has 0 bridgehead atoms. The Morgan fingerprint density at radius 3 is 2.96 bits per heavy atom. The van der Waals surface area contributed by atoms with E-state index in [1.807, 2.05) is 24.4 Å². The van der Waals surface area contributed by atoms with Gasteiger partial charge in [0.05, 0.1) is 9.58 Å². The minimum Gasteiger partial charge on any atom is -0.351 e. The molecule has 4 rings (SSSR count). The van der Waals surface area contributed by atoms with Gasteiger partial charge in [-0.1, -0.05) is 18.9 Å². The van der Waals surface area contributed by atoms with Gasteiger partial charge in [-0.15, -0.1) is 11.3 Å². The van der Waals surface area contributed by atoms with Crippen LogP contribution in [0.1, 0.15) is 47.0 Å². The first-order valence-corrected chi connectivity index (χ1v) is 9.39. The van der Waals surface area contributed by atoms with Crippen LogP contribution in [0.5, 0.6) is 0 Å². The molecule has 0 saturated heterocycles. The number of carbonyl (C=O) groups is 1. The smallest absolute Gasteiger partial charge is 0.261 e. The van der Waals surface area contributed by atoms with Crippen LogP contribution in [0, 0.1) is 0 Å². The molecule has 0 radical (unpaired) electrons. The lowest BCUT2D eigenvalue weighted by atomic mass is 10.2. The summed E-state index contributed by atoms with van der Waals surface area (Å²) < 4.78 is 3.55. The summed E-state index contributed by atoms with van der Waals surface area (Å²) in [4.78, 5) is 17.2. The molecule has 3 aromatic rings. The van der Waals surface area contributed by atoms with Gasteiger partial charge in [-0.2, -0.15) is 0 Å². The van der Waals surface area contributed by atoms with Crippen molar-refractivity contribution < 1.29 is 4.79 Å². The summed E-state index contributed by atoms with van der Waals surface area (Å²) in [5.41, 5.74) is 1.14. The van der Waals surface area contributed by atoms with E-state index in [4.69, 9.17) is 0 Å². The molecular weight excluding hydrogens is 318 g/mol. The molecule has 3 aromatic heterocycles. The highest BCUT2D eigenvalue weighted by Crippen LogP contribution is 2.34. The van der Waals surface area contributed by atoms with Gasteiger partial charge in [-0.05, 0) is 37.0 Å². The van der Waals surface area contributed by atoms with Crippen molar-refractivity contribution in [1.82, 2.24) is 14.9 Å². The number of pyridine rings is 1. The lowest BCUT2D eigenvalue weighted by Crippen LogP contribution is -2.24. The molecular formula is C19H21N3OS. The lowest BCUT2D eigenvalue weighted by molar-refractivity contribution is 0.0958. The number of carbonyl (C=O) groups excluding carboxylic acids is 1. The molecule has 1 saturated carbocycles. The van der Waals surface area contributed by atoms with E-state index in [-0.39, 0.29) is 5.91 Å². The highest BCUT2D eigenvalue weighted by atomic mass is 32.1. The first kappa shape index (κ1) is 15.4. The number of amides is 1. The molecule has 0 spiro atoms. The largest absolute Gasteiger partial charge is 0.351 e. The Morgan fingerprint density at radius 2 is 2.21 bits per heavy atom. The van der Waals surface area contributed by atoms with E-state index in [0.29, 0.717) is 12.6 Å². The summed E-state index contributed by atoms with van der Waals surface area (Å²) in [7, 11) is 0. The lowest BCUT2D eigenvalue weighted by Gasteiger charge is -2.10. The Balaban J connectivity index is 1.38. The zero-order chi connectivity index (χ0) is 16.4. The van der Waals surface area contributed by atoms with Crippen LogP contribution in [0.3, 0.4) is 0 Å². The van der Waals surface area contributed by atoms with Crippen molar-refractivity contribution in [2.24, 2.45) is 0 Å². The first-order chi connectivity index (χ1) is 11.8. The molecule has 1 N–H and O–H groups in total. The fourth-order valence-electron chi connectivity index (χ4n) is 3.43. The molecule has 0 aromatic carbocycles. The monoisotopic (exact) mass is 339 g/mol. The number of thiophene rings is 1. The van der Waals surface area contributed by atoms with Crippen molar-refractivity contribution in [2.75, 3.05) is 6.54 Å². The van der Waals surface area contributed by atoms with Gasteiger partial charge in [-0.25, -0.2) is 0 Å². The number of hydrogen-bond acceptors (Lipinski definition) is 3. The molecule has 1 amide bonds. The number of nitrogens with zero attached hydrogens (tertiary/aromatic N) is 2. The van der Waals surface area contributed by atoms with Crippen molar-refractivity contribution in [3.8, 4) is 0 Å². The van der Waals surface area contributed by atoms with E-state index < -0.39 is 0 Å². The van der Waals surface area contributed by atoms with Crippen molar-refractivity contribution in [3.63, 3.8) is 0 Å². The molecule has 3 heterocycles. The van der Waals surface area contributed by atoms with Gasteiger partial charge >= 0.3 is 0 Å². The maximum atomic E-state index is 12.3. The Kier molecular flexibility index (Phi) is 4.34. The minimum absolute atomic E-state index is 0.0208.